The summed E-state index contributed by atoms with van der Waals surface area (Å²) in [7, 11) is 0.999. The molecule has 0 spiro atoms. The number of hydrogen-bond donors (Lipinski definition) is 2. The van der Waals surface area contributed by atoms with Crippen LogP contribution in [0.3, 0.4) is 0 Å². The number of sulfonamides is 1. The van der Waals surface area contributed by atoms with Crippen LogP contribution in [0.1, 0.15) is 10.4 Å². The Morgan fingerprint density at radius 1 is 1.03 bits per heavy atom. The van der Waals surface area contributed by atoms with Gasteiger partial charge in [0.25, 0.3) is 5.91 Å². The normalized spacial score (nSPS) is 11.4. The zero-order valence-electron chi connectivity index (χ0n) is 19.8. The lowest BCUT2D eigenvalue weighted by molar-refractivity contribution is -0.115. The van der Waals surface area contributed by atoms with Crippen molar-refractivity contribution in [3.63, 3.8) is 0 Å². The van der Waals surface area contributed by atoms with E-state index < -0.39 is 21.8 Å². The quantitative estimate of drug-likeness (QED) is 0.365. The van der Waals surface area contributed by atoms with Gasteiger partial charge in [0.2, 0.25) is 15.9 Å². The molecule has 0 aliphatic heterocycles. The number of benzene rings is 2. The standard InChI is InChI=1S/C24H24N6O4S2/c1-29(2)36(33,34)19-9-5-8-18(13-19)23(32)25-14-22(31)27-24-26-21(15-35-24)17-7-4-6-16(12-17)20-10-11-30(3)28-20/h4-13,15H,14H2,1-3H3,(H,25,32)(H,26,27,31). The summed E-state index contributed by atoms with van der Waals surface area (Å²) in [6.07, 6.45) is 1.87. The van der Waals surface area contributed by atoms with Crippen LogP contribution in [0.25, 0.3) is 22.5 Å². The first-order valence-corrected chi connectivity index (χ1v) is 13.1. The smallest absolute Gasteiger partial charge is 0.251 e. The molecule has 0 aliphatic carbocycles. The SMILES string of the molecule is CN(C)S(=O)(=O)c1cccc(C(=O)NCC(=O)Nc2nc(-c3cccc(-c4ccn(C)n4)c3)cs2)c1. The van der Waals surface area contributed by atoms with E-state index in [4.69, 9.17) is 0 Å². The molecule has 0 aliphatic rings. The van der Waals surface area contributed by atoms with Gasteiger partial charge < -0.3 is 10.6 Å². The van der Waals surface area contributed by atoms with E-state index >= 15 is 0 Å². The molecule has 0 bridgehead atoms. The third-order valence-electron chi connectivity index (χ3n) is 5.20. The predicted octanol–water partition coefficient (Wildman–Crippen LogP) is 2.83. The third kappa shape index (κ3) is 5.67. The topological polar surface area (TPSA) is 126 Å². The molecular formula is C24H24N6O4S2. The van der Waals surface area contributed by atoms with Crippen molar-refractivity contribution in [3.05, 3.63) is 71.7 Å². The minimum Gasteiger partial charge on any atom is -0.343 e. The lowest BCUT2D eigenvalue weighted by Crippen LogP contribution is -2.33. The summed E-state index contributed by atoms with van der Waals surface area (Å²) in [5, 5.41) is 11.8. The second-order valence-electron chi connectivity index (χ2n) is 8.04. The number of anilines is 1. The number of thiazole rings is 1. The van der Waals surface area contributed by atoms with Gasteiger partial charge >= 0.3 is 0 Å². The Hall–Kier alpha value is -3.87. The van der Waals surface area contributed by atoms with E-state index in [0.717, 1.165) is 21.1 Å². The molecule has 0 saturated heterocycles. The maximum Gasteiger partial charge on any atom is 0.251 e. The number of carbonyl (C=O) groups is 2. The van der Waals surface area contributed by atoms with Crippen molar-refractivity contribution in [2.45, 2.75) is 4.90 Å². The maximum absolute atomic E-state index is 12.5. The fourth-order valence-electron chi connectivity index (χ4n) is 3.31. The minimum atomic E-state index is -3.68. The fraction of sp³-hybridized carbons (Fsp3) is 0.167. The molecule has 36 heavy (non-hydrogen) atoms. The Balaban J connectivity index is 1.37. The summed E-state index contributed by atoms with van der Waals surface area (Å²) < 4.78 is 27.4. The molecule has 10 nitrogen and oxygen atoms in total. The Morgan fingerprint density at radius 2 is 1.75 bits per heavy atom. The minimum absolute atomic E-state index is 0.00738. The summed E-state index contributed by atoms with van der Waals surface area (Å²) in [5.41, 5.74) is 3.53. The highest BCUT2D eigenvalue weighted by atomic mass is 32.2. The van der Waals surface area contributed by atoms with Crippen LogP contribution >= 0.6 is 11.3 Å². The number of nitrogens with zero attached hydrogens (tertiary/aromatic N) is 4. The fourth-order valence-corrected chi connectivity index (χ4v) is 4.99. The van der Waals surface area contributed by atoms with E-state index in [0.29, 0.717) is 10.8 Å². The molecule has 0 unspecified atom stereocenters. The van der Waals surface area contributed by atoms with Crippen molar-refractivity contribution >= 4 is 38.3 Å². The lowest BCUT2D eigenvalue weighted by Gasteiger charge is -2.12. The summed E-state index contributed by atoms with van der Waals surface area (Å²) in [6, 6.07) is 15.4. The van der Waals surface area contributed by atoms with Gasteiger partial charge in [-0.15, -0.1) is 11.3 Å². The van der Waals surface area contributed by atoms with Gasteiger partial charge in [-0.05, 0) is 30.3 Å². The number of hydrogen-bond acceptors (Lipinski definition) is 7. The average Bonchev–Trinajstić information content (AvgIpc) is 3.51. The molecule has 0 radical (unpaired) electrons. The van der Waals surface area contributed by atoms with Crippen LogP contribution in [0.2, 0.25) is 0 Å². The number of amides is 2. The van der Waals surface area contributed by atoms with Gasteiger partial charge in [-0.2, -0.15) is 5.10 Å². The number of aryl methyl sites for hydroxylation is 1. The monoisotopic (exact) mass is 524 g/mol. The molecule has 0 fully saturated rings. The highest BCUT2D eigenvalue weighted by Gasteiger charge is 2.19. The van der Waals surface area contributed by atoms with Gasteiger partial charge in [-0.1, -0.05) is 24.3 Å². The summed E-state index contributed by atoms with van der Waals surface area (Å²) in [6.45, 7) is -0.298. The van der Waals surface area contributed by atoms with Crippen LogP contribution in [-0.2, 0) is 21.9 Å². The highest BCUT2D eigenvalue weighted by Crippen LogP contribution is 2.28. The Bertz CT molecular complexity index is 1520. The maximum atomic E-state index is 12.5. The van der Waals surface area contributed by atoms with Crippen LogP contribution in [0.4, 0.5) is 5.13 Å². The predicted molar refractivity (Wildman–Crippen MR) is 138 cm³/mol. The van der Waals surface area contributed by atoms with Crippen molar-refractivity contribution in [2.75, 3.05) is 26.0 Å². The lowest BCUT2D eigenvalue weighted by atomic mass is 10.1. The van der Waals surface area contributed by atoms with E-state index in [1.54, 1.807) is 4.68 Å². The molecule has 2 aromatic carbocycles. The van der Waals surface area contributed by atoms with E-state index in [9.17, 15) is 18.0 Å². The molecule has 4 rings (SSSR count). The number of nitrogens with one attached hydrogen (secondary N) is 2. The Kier molecular flexibility index (Phi) is 7.29. The second-order valence-corrected chi connectivity index (χ2v) is 11.0. The van der Waals surface area contributed by atoms with Gasteiger partial charge in [0.05, 0.1) is 22.8 Å². The first-order valence-electron chi connectivity index (χ1n) is 10.8. The molecular weight excluding hydrogens is 500 g/mol. The van der Waals surface area contributed by atoms with Crippen molar-refractivity contribution in [1.29, 1.82) is 0 Å². The van der Waals surface area contributed by atoms with Crippen LogP contribution in [0.15, 0.2) is 71.1 Å². The zero-order valence-corrected chi connectivity index (χ0v) is 21.4. The van der Waals surface area contributed by atoms with Gasteiger partial charge in [0.15, 0.2) is 5.13 Å². The summed E-state index contributed by atoms with van der Waals surface area (Å²) in [5.74, 6) is -1.02. The summed E-state index contributed by atoms with van der Waals surface area (Å²) >= 11 is 1.27. The number of carbonyl (C=O) groups excluding carboxylic acids is 2. The van der Waals surface area contributed by atoms with Crippen LogP contribution in [0.5, 0.6) is 0 Å². The average molecular weight is 525 g/mol. The first kappa shape index (κ1) is 25.2. The van der Waals surface area contributed by atoms with Crippen LogP contribution in [0, 0.1) is 0 Å². The van der Waals surface area contributed by atoms with Gasteiger partial charge in [0.1, 0.15) is 0 Å². The number of rotatable bonds is 8. The Morgan fingerprint density at radius 3 is 2.44 bits per heavy atom. The van der Waals surface area contributed by atoms with E-state index in [1.165, 1.54) is 49.7 Å². The van der Waals surface area contributed by atoms with Crippen LogP contribution < -0.4 is 10.6 Å². The van der Waals surface area contributed by atoms with E-state index in [1.807, 2.05) is 49.0 Å². The summed E-state index contributed by atoms with van der Waals surface area (Å²) in [4.78, 5) is 29.3. The second kappa shape index (κ2) is 10.4. The molecule has 2 amide bonds. The van der Waals surface area contributed by atoms with Gasteiger partial charge in [0, 0.05) is 49.4 Å². The molecule has 186 valence electrons. The third-order valence-corrected chi connectivity index (χ3v) is 7.77. The molecule has 2 heterocycles. The number of aromatic nitrogens is 3. The highest BCUT2D eigenvalue weighted by molar-refractivity contribution is 7.89. The zero-order chi connectivity index (χ0) is 25.9. The van der Waals surface area contributed by atoms with Crippen molar-refractivity contribution < 1.29 is 18.0 Å². The van der Waals surface area contributed by atoms with E-state index in [2.05, 4.69) is 20.7 Å². The van der Waals surface area contributed by atoms with E-state index in [-0.39, 0.29) is 17.0 Å². The molecule has 0 atom stereocenters. The molecule has 2 aromatic heterocycles. The van der Waals surface area contributed by atoms with Crippen molar-refractivity contribution in [1.82, 2.24) is 24.4 Å². The molecule has 12 heteroatoms. The Labute approximate surface area is 212 Å². The largest absolute Gasteiger partial charge is 0.343 e. The van der Waals surface area contributed by atoms with Crippen molar-refractivity contribution in [2.24, 2.45) is 7.05 Å². The van der Waals surface area contributed by atoms with Gasteiger partial charge in [-0.3, -0.25) is 14.3 Å². The first-order chi connectivity index (χ1) is 17.1. The molecule has 0 saturated carbocycles. The van der Waals surface area contributed by atoms with Crippen LogP contribution in [-0.4, -0.2) is 59.9 Å². The van der Waals surface area contributed by atoms with Gasteiger partial charge in [-0.25, -0.2) is 17.7 Å². The molecule has 4 aromatic rings. The molecule has 2 N–H and O–H groups in total. The van der Waals surface area contributed by atoms with Crippen molar-refractivity contribution in [3.8, 4) is 22.5 Å².